The fourth-order valence-corrected chi connectivity index (χ4v) is 2.18. The maximum atomic E-state index is 13.7. The van der Waals surface area contributed by atoms with Gasteiger partial charge in [0.25, 0.3) is 5.91 Å². The van der Waals surface area contributed by atoms with Gasteiger partial charge in [-0.2, -0.15) is 0 Å². The van der Waals surface area contributed by atoms with E-state index in [1.165, 1.54) is 14.2 Å². The SMILES string of the molecule is COc1ccc([C@@H](C)NC(=O)c2ccc(F)c(F)c2F)cc1OC. The zero-order chi connectivity index (χ0) is 17.9. The van der Waals surface area contributed by atoms with Gasteiger partial charge in [0.05, 0.1) is 25.8 Å². The minimum absolute atomic E-state index is 0.468. The Bertz CT molecular complexity index is 765. The van der Waals surface area contributed by atoms with E-state index in [2.05, 4.69) is 5.32 Å². The molecule has 4 nitrogen and oxygen atoms in total. The lowest BCUT2D eigenvalue weighted by molar-refractivity contribution is 0.0934. The van der Waals surface area contributed by atoms with E-state index in [0.717, 1.165) is 6.07 Å². The Morgan fingerprint density at radius 3 is 2.29 bits per heavy atom. The highest BCUT2D eigenvalue weighted by Gasteiger charge is 2.20. The minimum atomic E-state index is -1.68. The Balaban J connectivity index is 2.22. The Kier molecular flexibility index (Phi) is 5.33. The van der Waals surface area contributed by atoms with Crippen molar-refractivity contribution in [2.24, 2.45) is 0 Å². The van der Waals surface area contributed by atoms with E-state index in [0.29, 0.717) is 23.1 Å². The summed E-state index contributed by atoms with van der Waals surface area (Å²) in [5, 5.41) is 2.52. The number of hydrogen-bond acceptors (Lipinski definition) is 3. The molecule has 2 aromatic rings. The zero-order valence-corrected chi connectivity index (χ0v) is 13.3. The van der Waals surface area contributed by atoms with Crippen molar-refractivity contribution in [3.8, 4) is 11.5 Å². The molecule has 0 heterocycles. The molecule has 0 aliphatic heterocycles. The van der Waals surface area contributed by atoms with Crippen LogP contribution in [0, 0.1) is 17.5 Å². The number of nitrogens with one attached hydrogen (secondary N) is 1. The lowest BCUT2D eigenvalue weighted by Crippen LogP contribution is -2.27. The first-order valence-corrected chi connectivity index (χ1v) is 7.05. The normalized spacial score (nSPS) is 11.8. The van der Waals surface area contributed by atoms with Gasteiger partial charge in [-0.05, 0) is 36.8 Å². The van der Waals surface area contributed by atoms with Gasteiger partial charge in [0.1, 0.15) is 0 Å². The summed E-state index contributed by atoms with van der Waals surface area (Å²) in [5.41, 5.74) is 0.102. The second kappa shape index (κ2) is 7.25. The highest BCUT2D eigenvalue weighted by Crippen LogP contribution is 2.30. The van der Waals surface area contributed by atoms with Gasteiger partial charge in [0.2, 0.25) is 0 Å². The number of carbonyl (C=O) groups is 1. The van der Waals surface area contributed by atoms with Crippen molar-refractivity contribution in [3.05, 3.63) is 58.9 Å². The quantitative estimate of drug-likeness (QED) is 0.847. The van der Waals surface area contributed by atoms with Crippen LogP contribution < -0.4 is 14.8 Å². The van der Waals surface area contributed by atoms with Crippen LogP contribution in [0.4, 0.5) is 13.2 Å². The van der Waals surface area contributed by atoms with Gasteiger partial charge < -0.3 is 14.8 Å². The monoisotopic (exact) mass is 339 g/mol. The maximum Gasteiger partial charge on any atom is 0.254 e. The molecule has 1 amide bonds. The number of hydrogen-bond donors (Lipinski definition) is 1. The molecular formula is C17H16F3NO3. The van der Waals surface area contributed by atoms with Crippen LogP contribution in [-0.2, 0) is 0 Å². The second-order valence-corrected chi connectivity index (χ2v) is 5.03. The first-order chi connectivity index (χ1) is 11.4. The van der Waals surface area contributed by atoms with Gasteiger partial charge in [-0.15, -0.1) is 0 Å². The fourth-order valence-electron chi connectivity index (χ4n) is 2.18. The zero-order valence-electron chi connectivity index (χ0n) is 13.3. The van der Waals surface area contributed by atoms with E-state index in [4.69, 9.17) is 9.47 Å². The number of amides is 1. The molecule has 0 aliphatic carbocycles. The molecular weight excluding hydrogens is 323 g/mol. The predicted molar refractivity (Wildman–Crippen MR) is 81.7 cm³/mol. The fraction of sp³-hybridized carbons (Fsp3) is 0.235. The minimum Gasteiger partial charge on any atom is -0.493 e. The summed E-state index contributed by atoms with van der Waals surface area (Å²) in [4.78, 5) is 12.1. The van der Waals surface area contributed by atoms with E-state index in [1.807, 2.05) is 0 Å². The molecule has 0 fully saturated rings. The van der Waals surface area contributed by atoms with Crippen molar-refractivity contribution < 1.29 is 27.4 Å². The van der Waals surface area contributed by atoms with Gasteiger partial charge in [-0.25, -0.2) is 13.2 Å². The van der Waals surface area contributed by atoms with Crippen molar-refractivity contribution in [1.29, 1.82) is 0 Å². The third-order valence-electron chi connectivity index (χ3n) is 3.54. The van der Waals surface area contributed by atoms with Crippen molar-refractivity contribution in [3.63, 3.8) is 0 Å². The molecule has 0 unspecified atom stereocenters. The molecule has 0 saturated heterocycles. The lowest BCUT2D eigenvalue weighted by atomic mass is 10.1. The molecule has 128 valence electrons. The summed E-state index contributed by atoms with van der Waals surface area (Å²) in [5.74, 6) is -4.42. The number of rotatable bonds is 5. The van der Waals surface area contributed by atoms with Crippen LogP contribution in [0.5, 0.6) is 11.5 Å². The van der Waals surface area contributed by atoms with Crippen molar-refractivity contribution in [2.75, 3.05) is 14.2 Å². The van der Waals surface area contributed by atoms with Gasteiger partial charge in [0, 0.05) is 0 Å². The first kappa shape index (κ1) is 17.7. The summed E-state index contributed by atoms with van der Waals surface area (Å²) in [6.45, 7) is 1.66. The molecule has 0 saturated carbocycles. The van der Waals surface area contributed by atoms with E-state index in [-0.39, 0.29) is 0 Å². The summed E-state index contributed by atoms with van der Waals surface area (Å²) < 4.78 is 50.1. The number of benzene rings is 2. The van der Waals surface area contributed by atoms with Crippen LogP contribution >= 0.6 is 0 Å². The predicted octanol–water partition coefficient (Wildman–Crippen LogP) is 3.61. The Hall–Kier alpha value is -2.70. The Morgan fingerprint density at radius 1 is 1.00 bits per heavy atom. The average molecular weight is 339 g/mol. The standard InChI is InChI=1S/C17H16F3NO3/c1-9(10-4-7-13(23-2)14(8-10)24-3)21-17(22)11-5-6-12(18)16(20)15(11)19/h4-9H,1-3H3,(H,21,22)/t9-/m1/s1. The lowest BCUT2D eigenvalue weighted by Gasteiger charge is -2.17. The summed E-state index contributed by atoms with van der Waals surface area (Å²) in [6.07, 6.45) is 0. The number of halogens is 3. The number of carbonyl (C=O) groups excluding carboxylic acids is 1. The van der Waals surface area contributed by atoms with Crippen LogP contribution in [0.3, 0.4) is 0 Å². The molecule has 0 bridgehead atoms. The number of methoxy groups -OCH3 is 2. The van der Waals surface area contributed by atoms with E-state index < -0.39 is 35.0 Å². The van der Waals surface area contributed by atoms with Gasteiger partial charge in [0.15, 0.2) is 29.0 Å². The van der Waals surface area contributed by atoms with Crippen molar-refractivity contribution in [1.82, 2.24) is 5.32 Å². The molecule has 1 N–H and O–H groups in total. The van der Waals surface area contributed by atoms with E-state index in [9.17, 15) is 18.0 Å². The van der Waals surface area contributed by atoms with E-state index in [1.54, 1.807) is 25.1 Å². The summed E-state index contributed by atoms with van der Waals surface area (Å²) in [6, 6.07) is 6.09. The topological polar surface area (TPSA) is 47.6 Å². The summed E-state index contributed by atoms with van der Waals surface area (Å²) in [7, 11) is 2.97. The molecule has 24 heavy (non-hydrogen) atoms. The number of ether oxygens (including phenoxy) is 2. The molecule has 1 atom stereocenters. The molecule has 0 aromatic heterocycles. The van der Waals surface area contributed by atoms with Gasteiger partial charge in [-0.3, -0.25) is 4.79 Å². The van der Waals surface area contributed by atoms with Crippen molar-refractivity contribution >= 4 is 5.91 Å². The van der Waals surface area contributed by atoms with Crippen molar-refractivity contribution in [2.45, 2.75) is 13.0 Å². The maximum absolute atomic E-state index is 13.7. The third-order valence-corrected chi connectivity index (χ3v) is 3.54. The molecule has 0 aliphatic rings. The molecule has 2 rings (SSSR count). The Morgan fingerprint density at radius 2 is 1.67 bits per heavy atom. The first-order valence-electron chi connectivity index (χ1n) is 7.05. The van der Waals surface area contributed by atoms with Gasteiger partial charge in [-0.1, -0.05) is 6.07 Å². The highest BCUT2D eigenvalue weighted by molar-refractivity contribution is 5.94. The molecule has 0 spiro atoms. The average Bonchev–Trinajstić information content (AvgIpc) is 2.58. The highest BCUT2D eigenvalue weighted by atomic mass is 19.2. The van der Waals surface area contributed by atoms with Crippen LogP contribution in [0.2, 0.25) is 0 Å². The second-order valence-electron chi connectivity index (χ2n) is 5.03. The van der Waals surface area contributed by atoms with Gasteiger partial charge >= 0.3 is 0 Å². The summed E-state index contributed by atoms with van der Waals surface area (Å²) >= 11 is 0. The van der Waals surface area contributed by atoms with Crippen LogP contribution in [0.15, 0.2) is 30.3 Å². The van der Waals surface area contributed by atoms with Crippen LogP contribution in [0.25, 0.3) is 0 Å². The van der Waals surface area contributed by atoms with E-state index >= 15 is 0 Å². The van der Waals surface area contributed by atoms with Crippen LogP contribution in [0.1, 0.15) is 28.9 Å². The largest absolute Gasteiger partial charge is 0.493 e. The van der Waals surface area contributed by atoms with Crippen LogP contribution in [-0.4, -0.2) is 20.1 Å². The molecule has 2 aromatic carbocycles. The Labute approximate surface area is 137 Å². The molecule has 7 heteroatoms. The smallest absolute Gasteiger partial charge is 0.254 e. The third kappa shape index (κ3) is 3.45. The molecule has 0 radical (unpaired) electrons.